The third-order valence-corrected chi connectivity index (χ3v) is 5.84. The van der Waals surface area contributed by atoms with Crippen molar-refractivity contribution in [2.24, 2.45) is 0 Å². The number of rotatable bonds is 9. The number of carbonyl (C=O) groups is 1. The maximum absolute atomic E-state index is 12.5. The topological polar surface area (TPSA) is 136 Å². The van der Waals surface area contributed by atoms with Gasteiger partial charge in [0.05, 0.1) is 14.2 Å². The number of halogens is 3. The highest BCUT2D eigenvalue weighted by Gasteiger charge is 2.34. The van der Waals surface area contributed by atoms with E-state index in [1.165, 1.54) is 33.9 Å². The predicted octanol–water partition coefficient (Wildman–Crippen LogP) is 2.67. The summed E-state index contributed by atoms with van der Waals surface area (Å²) in [7, 11) is -1.16. The Bertz CT molecular complexity index is 1070. The molecule has 2 rings (SSSR count). The average Bonchev–Trinajstić information content (AvgIpc) is 2.83. The molecule has 0 aliphatic rings. The van der Waals surface area contributed by atoms with Gasteiger partial charge in [0.15, 0.2) is 0 Å². The van der Waals surface area contributed by atoms with E-state index >= 15 is 0 Å². The minimum Gasteiger partial charge on any atom is -0.467 e. The van der Waals surface area contributed by atoms with Gasteiger partial charge in [-0.1, -0.05) is 32.9 Å². The minimum atomic E-state index is -5.13. The number of ether oxygens (including phenoxy) is 3. The summed E-state index contributed by atoms with van der Waals surface area (Å²) in [6.07, 6.45) is -5.13. The van der Waals surface area contributed by atoms with Gasteiger partial charge in [-0.3, -0.25) is 4.90 Å². The molecular weight excluding hydrogens is 509 g/mol. The summed E-state index contributed by atoms with van der Waals surface area (Å²) in [4.78, 5) is 25.7. The fourth-order valence-corrected chi connectivity index (χ4v) is 3.65. The van der Waals surface area contributed by atoms with Crippen LogP contribution in [0.2, 0.25) is 0 Å². The Hall–Kier alpha value is -3.40. The number of benzene rings is 1. The van der Waals surface area contributed by atoms with Crippen molar-refractivity contribution in [1.82, 2.24) is 24.6 Å². The first-order valence-electron chi connectivity index (χ1n) is 10.5. The number of nitrogens with one attached hydrogen (secondary N) is 1. The van der Waals surface area contributed by atoms with Crippen molar-refractivity contribution in [3.05, 3.63) is 24.3 Å². The van der Waals surface area contributed by atoms with E-state index in [0.29, 0.717) is 4.90 Å². The van der Waals surface area contributed by atoms with Crippen LogP contribution in [0.25, 0.3) is 0 Å². The lowest BCUT2D eigenvalue weighted by Crippen LogP contribution is -2.41. The van der Waals surface area contributed by atoms with E-state index in [4.69, 9.17) is 9.47 Å². The standard InChI is InChI=1S/C14H14F3N5O6S.C6H15N/c1-22(10-18-11(26-2)20-12(19-10)27-3)13(23)21-29(24,25)9-7-5-4-6-8(9)28-14(15,16)17;1-4-7(5-2)6-3/h4-7H,1-3H3,(H,21,23);4-6H2,1-3H3. The van der Waals surface area contributed by atoms with E-state index < -0.39 is 33.1 Å². The van der Waals surface area contributed by atoms with Crippen molar-refractivity contribution in [2.75, 3.05) is 45.8 Å². The molecule has 0 atom stereocenters. The lowest BCUT2D eigenvalue weighted by atomic mass is 10.3. The number of sulfonamides is 1. The molecule has 0 fully saturated rings. The largest absolute Gasteiger partial charge is 0.573 e. The first-order chi connectivity index (χ1) is 16.8. The van der Waals surface area contributed by atoms with Gasteiger partial charge < -0.3 is 19.1 Å². The van der Waals surface area contributed by atoms with Gasteiger partial charge in [0, 0.05) is 7.05 Å². The summed E-state index contributed by atoms with van der Waals surface area (Å²) in [6, 6.07) is 2.20. The molecule has 0 aliphatic carbocycles. The fraction of sp³-hybridized carbons (Fsp3) is 0.500. The van der Waals surface area contributed by atoms with Gasteiger partial charge >= 0.3 is 24.4 Å². The fourth-order valence-electron chi connectivity index (χ4n) is 2.54. The Morgan fingerprint density at radius 2 is 1.47 bits per heavy atom. The molecule has 12 nitrogen and oxygen atoms in total. The molecule has 0 radical (unpaired) electrons. The summed E-state index contributed by atoms with van der Waals surface area (Å²) in [6.45, 7) is 10.1. The van der Waals surface area contributed by atoms with Crippen molar-refractivity contribution in [1.29, 1.82) is 0 Å². The normalized spacial score (nSPS) is 11.3. The van der Waals surface area contributed by atoms with Crippen LogP contribution in [0.5, 0.6) is 17.8 Å². The van der Waals surface area contributed by atoms with Gasteiger partial charge in [0.2, 0.25) is 5.95 Å². The van der Waals surface area contributed by atoms with Gasteiger partial charge in [-0.15, -0.1) is 18.2 Å². The number of hydrogen-bond acceptors (Lipinski definition) is 10. The first-order valence-corrected chi connectivity index (χ1v) is 12.0. The Morgan fingerprint density at radius 3 is 1.89 bits per heavy atom. The SMILES string of the molecule is CCN(CC)CC.COc1nc(OC)nc(N(C)C(=O)NS(=O)(=O)c2ccccc2OC(F)(F)F)n1. The molecule has 0 aliphatic heterocycles. The number of hydrogen-bond donors (Lipinski definition) is 1. The number of amides is 2. The van der Waals surface area contributed by atoms with Gasteiger partial charge in [-0.25, -0.2) is 17.9 Å². The second-order valence-corrected chi connectivity index (χ2v) is 8.34. The summed E-state index contributed by atoms with van der Waals surface area (Å²) in [5.41, 5.74) is 0. The van der Waals surface area contributed by atoms with Gasteiger partial charge in [-0.2, -0.15) is 9.97 Å². The molecular formula is C20H29F3N6O6S. The molecule has 0 saturated heterocycles. The molecule has 1 N–H and O–H groups in total. The number of alkyl halides is 3. The number of anilines is 1. The van der Waals surface area contributed by atoms with Crippen molar-refractivity contribution in [3.63, 3.8) is 0 Å². The van der Waals surface area contributed by atoms with E-state index in [-0.39, 0.29) is 18.0 Å². The van der Waals surface area contributed by atoms with Crippen LogP contribution in [0.3, 0.4) is 0 Å². The van der Waals surface area contributed by atoms with Crippen molar-refractivity contribution in [2.45, 2.75) is 32.0 Å². The number of carbonyl (C=O) groups excluding carboxylic acids is 1. The zero-order valence-corrected chi connectivity index (χ0v) is 21.5. The smallest absolute Gasteiger partial charge is 0.467 e. The lowest BCUT2D eigenvalue weighted by Gasteiger charge is -2.18. The molecule has 0 saturated carbocycles. The molecule has 36 heavy (non-hydrogen) atoms. The van der Waals surface area contributed by atoms with Gasteiger partial charge in [0.25, 0.3) is 10.0 Å². The minimum absolute atomic E-state index is 0.224. The highest BCUT2D eigenvalue weighted by molar-refractivity contribution is 7.90. The van der Waals surface area contributed by atoms with Crippen LogP contribution in [0.15, 0.2) is 29.2 Å². The van der Waals surface area contributed by atoms with Crippen LogP contribution in [-0.4, -0.2) is 81.6 Å². The van der Waals surface area contributed by atoms with E-state index in [9.17, 15) is 26.4 Å². The molecule has 1 heterocycles. The Morgan fingerprint density at radius 1 is 0.972 bits per heavy atom. The number of methoxy groups -OCH3 is 2. The van der Waals surface area contributed by atoms with Crippen LogP contribution in [0, 0.1) is 0 Å². The van der Waals surface area contributed by atoms with Crippen LogP contribution >= 0.6 is 0 Å². The highest BCUT2D eigenvalue weighted by Crippen LogP contribution is 2.29. The number of urea groups is 1. The van der Waals surface area contributed by atoms with Crippen LogP contribution in [0.1, 0.15) is 20.8 Å². The zero-order valence-electron chi connectivity index (χ0n) is 20.7. The van der Waals surface area contributed by atoms with Crippen molar-refractivity contribution >= 4 is 22.0 Å². The van der Waals surface area contributed by atoms with Crippen LogP contribution < -0.4 is 23.8 Å². The number of aromatic nitrogens is 3. The molecule has 1 aromatic carbocycles. The predicted molar refractivity (Wildman–Crippen MR) is 124 cm³/mol. The van der Waals surface area contributed by atoms with Crippen molar-refractivity contribution < 1.29 is 40.6 Å². The molecule has 0 bridgehead atoms. The average molecular weight is 539 g/mol. The van der Waals surface area contributed by atoms with Gasteiger partial charge in [0.1, 0.15) is 10.6 Å². The summed E-state index contributed by atoms with van der Waals surface area (Å²) in [5, 5.41) is 0. The van der Waals surface area contributed by atoms with E-state index in [1.54, 1.807) is 4.72 Å². The summed E-state index contributed by atoms with van der Waals surface area (Å²) >= 11 is 0. The lowest BCUT2D eigenvalue weighted by molar-refractivity contribution is -0.275. The number of nitrogens with zero attached hydrogens (tertiary/aromatic N) is 5. The van der Waals surface area contributed by atoms with E-state index in [2.05, 4.69) is 45.4 Å². The molecule has 2 amide bonds. The first kappa shape index (κ1) is 30.6. The summed E-state index contributed by atoms with van der Waals surface area (Å²) in [5.74, 6) is -1.35. The van der Waals surface area contributed by atoms with Crippen molar-refractivity contribution in [3.8, 4) is 17.8 Å². The van der Waals surface area contributed by atoms with Crippen LogP contribution in [-0.2, 0) is 10.0 Å². The summed E-state index contributed by atoms with van der Waals surface area (Å²) < 4.78 is 77.3. The van der Waals surface area contributed by atoms with Gasteiger partial charge in [-0.05, 0) is 31.8 Å². The Labute approximate surface area is 207 Å². The third kappa shape index (κ3) is 9.33. The van der Waals surface area contributed by atoms with Crippen LogP contribution in [0.4, 0.5) is 23.9 Å². The maximum Gasteiger partial charge on any atom is 0.573 e. The zero-order chi connectivity index (χ0) is 27.5. The molecule has 0 unspecified atom stereocenters. The molecule has 0 spiro atoms. The Balaban J connectivity index is 0.000000809. The second kappa shape index (κ2) is 13.6. The van der Waals surface area contributed by atoms with E-state index in [1.807, 2.05) is 0 Å². The van der Waals surface area contributed by atoms with E-state index in [0.717, 1.165) is 31.3 Å². The maximum atomic E-state index is 12.5. The molecule has 1 aromatic heterocycles. The quantitative estimate of drug-likeness (QED) is 0.507. The highest BCUT2D eigenvalue weighted by atomic mass is 32.2. The molecule has 202 valence electrons. The second-order valence-electron chi connectivity index (χ2n) is 6.69. The molecule has 16 heteroatoms. The third-order valence-electron chi connectivity index (χ3n) is 4.48. The Kier molecular flexibility index (Phi) is 11.6. The monoisotopic (exact) mass is 538 g/mol. The molecule has 2 aromatic rings. The number of para-hydroxylation sites is 1.